The molecule has 0 aliphatic heterocycles. The highest BCUT2D eigenvalue weighted by Crippen LogP contribution is 2.35. The SMILES string of the molecule is CCOc1ccccc1Oc1cccc(SC)c1CN. The lowest BCUT2D eigenvalue weighted by atomic mass is 10.2. The first kappa shape index (κ1) is 14.8. The summed E-state index contributed by atoms with van der Waals surface area (Å²) in [4.78, 5) is 1.14. The maximum absolute atomic E-state index is 6.01. The Bertz CT molecular complexity index is 572. The van der Waals surface area contributed by atoms with Crippen molar-refractivity contribution in [1.82, 2.24) is 0 Å². The maximum Gasteiger partial charge on any atom is 0.169 e. The molecule has 0 saturated heterocycles. The Morgan fingerprint density at radius 1 is 1.00 bits per heavy atom. The highest BCUT2D eigenvalue weighted by Gasteiger charge is 2.11. The van der Waals surface area contributed by atoms with E-state index in [0.29, 0.717) is 18.9 Å². The molecule has 0 unspecified atom stereocenters. The normalized spacial score (nSPS) is 10.3. The van der Waals surface area contributed by atoms with Crippen LogP contribution in [0.3, 0.4) is 0 Å². The van der Waals surface area contributed by atoms with Gasteiger partial charge in [-0.15, -0.1) is 11.8 Å². The molecule has 2 aromatic rings. The van der Waals surface area contributed by atoms with E-state index in [4.69, 9.17) is 15.2 Å². The van der Waals surface area contributed by atoms with Crippen LogP contribution in [0.15, 0.2) is 47.4 Å². The smallest absolute Gasteiger partial charge is 0.169 e. The fraction of sp³-hybridized carbons (Fsp3) is 0.250. The van der Waals surface area contributed by atoms with Crippen LogP contribution in [0.4, 0.5) is 0 Å². The molecule has 0 radical (unpaired) electrons. The summed E-state index contributed by atoms with van der Waals surface area (Å²) in [6.45, 7) is 3.01. The minimum atomic E-state index is 0.448. The van der Waals surface area contributed by atoms with Crippen molar-refractivity contribution in [1.29, 1.82) is 0 Å². The molecule has 20 heavy (non-hydrogen) atoms. The first-order valence-corrected chi connectivity index (χ1v) is 7.78. The predicted molar refractivity (Wildman–Crippen MR) is 83.8 cm³/mol. The van der Waals surface area contributed by atoms with Gasteiger partial charge in [0.15, 0.2) is 11.5 Å². The second-order valence-electron chi connectivity index (χ2n) is 4.12. The number of thioether (sulfide) groups is 1. The van der Waals surface area contributed by atoms with Crippen molar-refractivity contribution >= 4 is 11.8 Å². The molecule has 2 rings (SSSR count). The molecule has 106 valence electrons. The van der Waals surface area contributed by atoms with Crippen molar-refractivity contribution in [2.45, 2.75) is 18.4 Å². The third-order valence-electron chi connectivity index (χ3n) is 2.88. The van der Waals surface area contributed by atoms with Gasteiger partial charge in [-0.25, -0.2) is 0 Å². The van der Waals surface area contributed by atoms with E-state index in [2.05, 4.69) is 0 Å². The van der Waals surface area contributed by atoms with Gasteiger partial charge in [0.25, 0.3) is 0 Å². The molecule has 0 aliphatic rings. The number of benzene rings is 2. The summed E-state index contributed by atoms with van der Waals surface area (Å²) in [5.41, 5.74) is 6.87. The molecule has 0 aromatic heterocycles. The van der Waals surface area contributed by atoms with E-state index in [0.717, 1.165) is 22.0 Å². The molecule has 0 amide bonds. The van der Waals surface area contributed by atoms with Gasteiger partial charge in [0, 0.05) is 17.0 Å². The Kier molecular flexibility index (Phi) is 5.32. The van der Waals surface area contributed by atoms with E-state index in [1.807, 2.05) is 55.6 Å². The van der Waals surface area contributed by atoms with Gasteiger partial charge in [-0.1, -0.05) is 18.2 Å². The summed E-state index contributed by atoms with van der Waals surface area (Å²) in [6, 6.07) is 13.6. The van der Waals surface area contributed by atoms with E-state index >= 15 is 0 Å². The standard InChI is InChI=1S/C16H19NO2S/c1-3-18-14-7-4-5-8-15(14)19-13-9-6-10-16(20-2)12(13)11-17/h4-10H,3,11,17H2,1-2H3. The topological polar surface area (TPSA) is 44.5 Å². The number of hydrogen-bond acceptors (Lipinski definition) is 4. The number of hydrogen-bond donors (Lipinski definition) is 1. The number of rotatable bonds is 6. The fourth-order valence-corrected chi connectivity index (χ4v) is 2.61. The summed E-state index contributed by atoms with van der Waals surface area (Å²) < 4.78 is 11.6. The molecule has 0 atom stereocenters. The van der Waals surface area contributed by atoms with Crippen LogP contribution in [-0.4, -0.2) is 12.9 Å². The Morgan fingerprint density at radius 2 is 1.70 bits per heavy atom. The lowest BCUT2D eigenvalue weighted by molar-refractivity contribution is 0.321. The van der Waals surface area contributed by atoms with Gasteiger partial charge >= 0.3 is 0 Å². The van der Waals surface area contributed by atoms with Crippen molar-refractivity contribution in [3.8, 4) is 17.2 Å². The minimum absolute atomic E-state index is 0.448. The zero-order valence-corrected chi connectivity index (χ0v) is 12.6. The fourth-order valence-electron chi connectivity index (χ4n) is 1.96. The van der Waals surface area contributed by atoms with Gasteiger partial charge in [-0.05, 0) is 37.4 Å². The second kappa shape index (κ2) is 7.22. The molecule has 2 aromatic carbocycles. The molecule has 0 aliphatic carbocycles. The third kappa shape index (κ3) is 3.26. The Morgan fingerprint density at radius 3 is 2.35 bits per heavy atom. The summed E-state index contributed by atoms with van der Waals surface area (Å²) in [6.07, 6.45) is 2.03. The quantitative estimate of drug-likeness (QED) is 0.815. The predicted octanol–water partition coefficient (Wildman–Crippen LogP) is 4.06. The Hall–Kier alpha value is -1.65. The van der Waals surface area contributed by atoms with E-state index in [1.165, 1.54) is 0 Å². The Balaban J connectivity index is 2.35. The lowest BCUT2D eigenvalue weighted by Gasteiger charge is -2.15. The highest BCUT2D eigenvalue weighted by atomic mass is 32.2. The number of ether oxygens (including phenoxy) is 2. The van der Waals surface area contributed by atoms with Crippen molar-refractivity contribution in [2.24, 2.45) is 5.73 Å². The molecule has 0 saturated carbocycles. The van der Waals surface area contributed by atoms with Crippen LogP contribution >= 0.6 is 11.8 Å². The van der Waals surface area contributed by atoms with Crippen molar-refractivity contribution < 1.29 is 9.47 Å². The molecule has 2 N–H and O–H groups in total. The lowest BCUT2D eigenvalue weighted by Crippen LogP contribution is -2.02. The Labute approximate surface area is 124 Å². The van der Waals surface area contributed by atoms with Gasteiger partial charge in [-0.3, -0.25) is 0 Å². The van der Waals surface area contributed by atoms with Gasteiger partial charge < -0.3 is 15.2 Å². The zero-order valence-electron chi connectivity index (χ0n) is 11.8. The highest BCUT2D eigenvalue weighted by molar-refractivity contribution is 7.98. The molecular formula is C16H19NO2S. The number of nitrogens with two attached hydrogens (primary N) is 1. The largest absolute Gasteiger partial charge is 0.490 e. The molecule has 0 heterocycles. The maximum atomic E-state index is 6.01. The number of para-hydroxylation sites is 2. The van der Waals surface area contributed by atoms with E-state index in [1.54, 1.807) is 11.8 Å². The first-order chi connectivity index (χ1) is 9.80. The summed E-state index contributed by atoms with van der Waals surface area (Å²) in [5, 5.41) is 0. The molecule has 0 bridgehead atoms. The van der Waals surface area contributed by atoms with Crippen molar-refractivity contribution in [2.75, 3.05) is 12.9 Å². The van der Waals surface area contributed by atoms with Gasteiger partial charge in [0.05, 0.1) is 6.61 Å². The molecular weight excluding hydrogens is 270 g/mol. The van der Waals surface area contributed by atoms with E-state index in [-0.39, 0.29) is 0 Å². The van der Waals surface area contributed by atoms with Gasteiger partial charge in [-0.2, -0.15) is 0 Å². The summed E-state index contributed by atoms with van der Waals surface area (Å²) in [7, 11) is 0. The zero-order chi connectivity index (χ0) is 14.4. The van der Waals surface area contributed by atoms with Crippen LogP contribution in [0.25, 0.3) is 0 Å². The summed E-state index contributed by atoms with van der Waals surface area (Å²) in [5.74, 6) is 2.24. The molecule has 0 spiro atoms. The second-order valence-corrected chi connectivity index (χ2v) is 4.97. The minimum Gasteiger partial charge on any atom is -0.490 e. The molecule has 0 fully saturated rings. The van der Waals surface area contributed by atoms with Crippen molar-refractivity contribution in [3.05, 3.63) is 48.0 Å². The third-order valence-corrected chi connectivity index (χ3v) is 3.71. The van der Waals surface area contributed by atoms with E-state index < -0.39 is 0 Å². The summed E-state index contributed by atoms with van der Waals surface area (Å²) >= 11 is 1.67. The average Bonchev–Trinajstić information content (AvgIpc) is 2.49. The molecule has 3 nitrogen and oxygen atoms in total. The average molecular weight is 289 g/mol. The van der Waals surface area contributed by atoms with Crippen LogP contribution in [0.5, 0.6) is 17.2 Å². The monoisotopic (exact) mass is 289 g/mol. The van der Waals surface area contributed by atoms with Crippen LogP contribution in [0, 0.1) is 0 Å². The van der Waals surface area contributed by atoms with Crippen molar-refractivity contribution in [3.63, 3.8) is 0 Å². The van der Waals surface area contributed by atoms with E-state index in [9.17, 15) is 0 Å². The van der Waals surface area contributed by atoms with Crippen LogP contribution in [-0.2, 0) is 6.54 Å². The molecule has 4 heteroatoms. The first-order valence-electron chi connectivity index (χ1n) is 6.55. The van der Waals surface area contributed by atoms with Crippen LogP contribution < -0.4 is 15.2 Å². The van der Waals surface area contributed by atoms with Gasteiger partial charge in [0.1, 0.15) is 5.75 Å². The van der Waals surface area contributed by atoms with Crippen LogP contribution in [0.2, 0.25) is 0 Å². The van der Waals surface area contributed by atoms with Gasteiger partial charge in [0.2, 0.25) is 0 Å². The van der Waals surface area contributed by atoms with Crippen LogP contribution in [0.1, 0.15) is 12.5 Å².